The van der Waals surface area contributed by atoms with Crippen LogP contribution in [0.5, 0.6) is 0 Å². The lowest BCUT2D eigenvalue weighted by Gasteiger charge is -2.04. The van der Waals surface area contributed by atoms with Crippen LogP contribution in [-0.2, 0) is 7.05 Å². The molecule has 0 saturated carbocycles. The maximum Gasteiger partial charge on any atom is 0.143 e. The second kappa shape index (κ2) is 3.89. The summed E-state index contributed by atoms with van der Waals surface area (Å²) < 4.78 is 2.10. The summed E-state index contributed by atoms with van der Waals surface area (Å²) >= 11 is 0. The molecule has 0 bridgehead atoms. The van der Waals surface area contributed by atoms with Crippen LogP contribution in [0, 0.1) is 0 Å². The predicted octanol–water partition coefficient (Wildman–Crippen LogP) is 3.22. The van der Waals surface area contributed by atoms with Crippen molar-refractivity contribution in [3.8, 4) is 0 Å². The van der Waals surface area contributed by atoms with Crippen molar-refractivity contribution in [1.29, 1.82) is 0 Å². The van der Waals surface area contributed by atoms with E-state index in [9.17, 15) is 0 Å². The number of hydrogen-bond acceptors (Lipinski definition) is 2. The normalized spacial score (nSPS) is 11.9. The first kappa shape index (κ1) is 11.1. The fourth-order valence-corrected chi connectivity index (χ4v) is 1.94. The zero-order chi connectivity index (χ0) is 11.9. The van der Waals surface area contributed by atoms with Crippen LogP contribution in [0.4, 0.5) is 0 Å². The second-order valence-electron chi connectivity index (χ2n) is 4.97. The Morgan fingerprint density at radius 2 is 1.81 bits per heavy atom. The van der Waals surface area contributed by atoms with E-state index in [-0.39, 0.29) is 0 Å². The maximum absolute atomic E-state index is 4.63. The van der Waals surface area contributed by atoms with Gasteiger partial charge in [0, 0.05) is 30.7 Å². The van der Waals surface area contributed by atoms with Crippen LogP contribution >= 0.6 is 0 Å². The standard InChI is InChI=1S/C13H19N3/c1-8(2)11-7-16(5)13-10(11)6-14-12(15-13)9(3)4/h6-9H,1-5H3. The lowest BCUT2D eigenvalue weighted by atomic mass is 10.0. The Kier molecular flexibility index (Phi) is 2.70. The number of aromatic nitrogens is 3. The molecule has 0 atom stereocenters. The molecule has 0 aromatic carbocycles. The van der Waals surface area contributed by atoms with E-state index in [0.29, 0.717) is 11.8 Å². The van der Waals surface area contributed by atoms with Crippen LogP contribution in [0.2, 0.25) is 0 Å². The highest BCUT2D eigenvalue weighted by Crippen LogP contribution is 2.26. The van der Waals surface area contributed by atoms with Gasteiger partial charge in [-0.15, -0.1) is 0 Å². The van der Waals surface area contributed by atoms with Crippen LogP contribution in [0.1, 0.15) is 50.9 Å². The highest BCUT2D eigenvalue weighted by molar-refractivity contribution is 5.80. The predicted molar refractivity (Wildman–Crippen MR) is 66.7 cm³/mol. The molecule has 0 fully saturated rings. The Hall–Kier alpha value is -1.38. The fourth-order valence-electron chi connectivity index (χ4n) is 1.94. The van der Waals surface area contributed by atoms with Gasteiger partial charge < -0.3 is 4.57 Å². The monoisotopic (exact) mass is 217 g/mol. The summed E-state index contributed by atoms with van der Waals surface area (Å²) in [6, 6.07) is 0. The molecule has 0 amide bonds. The molecule has 0 saturated heterocycles. The summed E-state index contributed by atoms with van der Waals surface area (Å²) in [7, 11) is 2.05. The minimum Gasteiger partial charge on any atom is -0.335 e. The first-order valence-corrected chi connectivity index (χ1v) is 5.82. The third-order valence-electron chi connectivity index (χ3n) is 2.90. The van der Waals surface area contributed by atoms with E-state index < -0.39 is 0 Å². The molecule has 0 aliphatic carbocycles. The Labute approximate surface area is 96.5 Å². The summed E-state index contributed by atoms with van der Waals surface area (Å²) in [6.45, 7) is 8.64. The van der Waals surface area contributed by atoms with E-state index in [0.717, 1.165) is 11.5 Å². The first-order chi connectivity index (χ1) is 7.50. The van der Waals surface area contributed by atoms with Gasteiger partial charge in [0.15, 0.2) is 0 Å². The molecule has 0 aliphatic rings. The summed E-state index contributed by atoms with van der Waals surface area (Å²) in [5.74, 6) is 1.81. The van der Waals surface area contributed by atoms with E-state index in [1.165, 1.54) is 10.9 Å². The van der Waals surface area contributed by atoms with Gasteiger partial charge in [0.1, 0.15) is 11.5 Å². The molecule has 3 heteroatoms. The Balaban J connectivity index is 2.67. The summed E-state index contributed by atoms with van der Waals surface area (Å²) in [5.41, 5.74) is 2.37. The van der Waals surface area contributed by atoms with Crippen LogP contribution in [0.25, 0.3) is 11.0 Å². The minimum atomic E-state index is 0.377. The van der Waals surface area contributed by atoms with Gasteiger partial charge in [0.25, 0.3) is 0 Å². The maximum atomic E-state index is 4.63. The van der Waals surface area contributed by atoms with Crippen LogP contribution in [0.3, 0.4) is 0 Å². The zero-order valence-corrected chi connectivity index (χ0v) is 10.7. The largest absolute Gasteiger partial charge is 0.335 e. The molecular weight excluding hydrogens is 198 g/mol. The molecule has 2 heterocycles. The van der Waals surface area contributed by atoms with Crippen molar-refractivity contribution < 1.29 is 0 Å². The summed E-state index contributed by atoms with van der Waals surface area (Å²) in [4.78, 5) is 9.07. The second-order valence-corrected chi connectivity index (χ2v) is 4.97. The smallest absolute Gasteiger partial charge is 0.143 e. The van der Waals surface area contributed by atoms with Crippen molar-refractivity contribution in [3.63, 3.8) is 0 Å². The lowest BCUT2D eigenvalue weighted by molar-refractivity contribution is 0.775. The lowest BCUT2D eigenvalue weighted by Crippen LogP contribution is -1.99. The highest BCUT2D eigenvalue weighted by Gasteiger charge is 2.13. The van der Waals surface area contributed by atoms with Crippen molar-refractivity contribution >= 4 is 11.0 Å². The molecule has 0 unspecified atom stereocenters. The van der Waals surface area contributed by atoms with Gasteiger partial charge in [-0.3, -0.25) is 0 Å². The third-order valence-corrected chi connectivity index (χ3v) is 2.90. The molecule has 0 spiro atoms. The van der Waals surface area contributed by atoms with Gasteiger partial charge in [0.05, 0.1) is 0 Å². The molecule has 0 N–H and O–H groups in total. The van der Waals surface area contributed by atoms with E-state index in [1.807, 2.05) is 13.2 Å². The molecule has 2 rings (SSSR count). The van der Waals surface area contributed by atoms with Gasteiger partial charge in [-0.25, -0.2) is 9.97 Å². The Morgan fingerprint density at radius 3 is 2.38 bits per heavy atom. The van der Waals surface area contributed by atoms with Gasteiger partial charge in [-0.05, 0) is 11.5 Å². The number of hydrogen-bond donors (Lipinski definition) is 0. The van der Waals surface area contributed by atoms with Gasteiger partial charge in [0.2, 0.25) is 0 Å². The number of aryl methyl sites for hydroxylation is 1. The molecule has 16 heavy (non-hydrogen) atoms. The average Bonchev–Trinajstić information content (AvgIpc) is 2.56. The summed E-state index contributed by atoms with van der Waals surface area (Å²) in [5, 5.41) is 1.18. The first-order valence-electron chi connectivity index (χ1n) is 5.82. The van der Waals surface area contributed by atoms with Crippen molar-refractivity contribution in [2.45, 2.75) is 39.5 Å². The number of fused-ring (bicyclic) bond motifs is 1. The van der Waals surface area contributed by atoms with Gasteiger partial charge in [-0.1, -0.05) is 27.7 Å². The topological polar surface area (TPSA) is 30.7 Å². The Morgan fingerprint density at radius 1 is 1.12 bits per heavy atom. The van der Waals surface area contributed by atoms with E-state index in [4.69, 9.17) is 0 Å². The third kappa shape index (κ3) is 1.70. The summed E-state index contributed by atoms with van der Waals surface area (Å²) in [6.07, 6.45) is 4.13. The molecule has 2 aromatic rings. The van der Waals surface area contributed by atoms with Crippen LogP contribution < -0.4 is 0 Å². The quantitative estimate of drug-likeness (QED) is 0.773. The molecule has 2 aromatic heterocycles. The molecule has 0 radical (unpaired) electrons. The number of rotatable bonds is 2. The van der Waals surface area contributed by atoms with E-state index in [1.54, 1.807) is 0 Å². The van der Waals surface area contributed by atoms with Crippen LogP contribution in [0.15, 0.2) is 12.4 Å². The average molecular weight is 217 g/mol. The molecular formula is C13H19N3. The van der Waals surface area contributed by atoms with E-state index in [2.05, 4.69) is 48.4 Å². The van der Waals surface area contributed by atoms with Crippen molar-refractivity contribution in [1.82, 2.24) is 14.5 Å². The highest BCUT2D eigenvalue weighted by atomic mass is 15.0. The minimum absolute atomic E-state index is 0.377. The van der Waals surface area contributed by atoms with Crippen molar-refractivity contribution in [2.75, 3.05) is 0 Å². The SMILES string of the molecule is CC(C)c1ncc2c(C(C)C)cn(C)c2n1. The fraction of sp³-hybridized carbons (Fsp3) is 0.538. The molecule has 0 aliphatic heterocycles. The zero-order valence-electron chi connectivity index (χ0n) is 10.7. The van der Waals surface area contributed by atoms with Crippen molar-refractivity contribution in [2.24, 2.45) is 7.05 Å². The number of nitrogens with zero attached hydrogens (tertiary/aromatic N) is 3. The van der Waals surface area contributed by atoms with Crippen molar-refractivity contribution in [3.05, 3.63) is 23.8 Å². The van der Waals surface area contributed by atoms with Gasteiger partial charge >= 0.3 is 0 Å². The Bertz CT molecular complexity index is 509. The molecule has 86 valence electrons. The van der Waals surface area contributed by atoms with Crippen LogP contribution in [-0.4, -0.2) is 14.5 Å². The van der Waals surface area contributed by atoms with Gasteiger partial charge in [-0.2, -0.15) is 0 Å². The van der Waals surface area contributed by atoms with E-state index >= 15 is 0 Å². The molecule has 3 nitrogen and oxygen atoms in total.